The molecule has 3 atom stereocenters. The highest BCUT2D eigenvalue weighted by atomic mass is 32.2. The number of aliphatic carboxylic acids is 1. The van der Waals surface area contributed by atoms with E-state index < -0.39 is 12.3 Å². The minimum Gasteiger partial charge on any atom is -0.481 e. The lowest BCUT2D eigenvalue weighted by molar-refractivity contribution is -0.245. The number of hydrogen-bond acceptors (Lipinski definition) is 6. The van der Waals surface area contributed by atoms with Crippen molar-refractivity contribution in [3.8, 4) is 11.1 Å². The fourth-order valence-corrected chi connectivity index (χ4v) is 6.60. The van der Waals surface area contributed by atoms with E-state index >= 15 is 0 Å². The van der Waals surface area contributed by atoms with Crippen LogP contribution in [0.3, 0.4) is 0 Å². The van der Waals surface area contributed by atoms with Crippen molar-refractivity contribution in [2.45, 2.75) is 81.5 Å². The Bertz CT molecular complexity index is 1580. The van der Waals surface area contributed by atoms with E-state index in [9.17, 15) is 14.7 Å². The third kappa shape index (κ3) is 10.8. The van der Waals surface area contributed by atoms with Crippen LogP contribution in [0.25, 0.3) is 11.1 Å². The zero-order valence-corrected chi connectivity index (χ0v) is 27.4. The number of rotatable bonds is 16. The highest BCUT2D eigenvalue weighted by Gasteiger charge is 2.32. The van der Waals surface area contributed by atoms with Gasteiger partial charge < -0.3 is 25.0 Å². The van der Waals surface area contributed by atoms with Crippen molar-refractivity contribution in [3.05, 3.63) is 125 Å². The molecule has 8 heteroatoms. The van der Waals surface area contributed by atoms with Crippen LogP contribution in [0, 0.1) is 0 Å². The van der Waals surface area contributed by atoms with E-state index in [2.05, 4.69) is 41.7 Å². The van der Waals surface area contributed by atoms with Gasteiger partial charge in [0, 0.05) is 42.0 Å². The van der Waals surface area contributed by atoms with E-state index in [4.69, 9.17) is 14.6 Å². The molecule has 1 heterocycles. The van der Waals surface area contributed by atoms with E-state index in [1.165, 1.54) is 4.90 Å². The first kappa shape index (κ1) is 34.4. The molecular weight excluding hydrogens is 610 g/mol. The fraction of sp³-hybridized carbons (Fsp3) is 0.333. The van der Waals surface area contributed by atoms with Gasteiger partial charge in [-0.05, 0) is 64.9 Å². The molecule has 7 nitrogen and oxygen atoms in total. The molecule has 1 aliphatic rings. The van der Waals surface area contributed by atoms with Crippen molar-refractivity contribution in [1.29, 1.82) is 0 Å². The number of carboxylic acids is 1. The second-order valence-electron chi connectivity index (χ2n) is 11.9. The highest BCUT2D eigenvalue weighted by Crippen LogP contribution is 2.40. The lowest BCUT2D eigenvalue weighted by Crippen LogP contribution is -2.31. The predicted octanol–water partition coefficient (Wildman–Crippen LogP) is 8.23. The van der Waals surface area contributed by atoms with Crippen LogP contribution in [0.5, 0.6) is 0 Å². The normalized spacial score (nSPS) is 17.7. The van der Waals surface area contributed by atoms with Gasteiger partial charge in [-0.2, -0.15) is 0 Å². The van der Waals surface area contributed by atoms with Gasteiger partial charge in [0.15, 0.2) is 6.29 Å². The third-order valence-corrected chi connectivity index (χ3v) is 9.39. The summed E-state index contributed by atoms with van der Waals surface area (Å²) in [6.45, 7) is 0.448. The summed E-state index contributed by atoms with van der Waals surface area (Å²) >= 11 is 1.78. The Hall–Kier alpha value is -3.95. The first-order chi connectivity index (χ1) is 23.0. The Morgan fingerprint density at radius 3 is 2.21 bits per heavy atom. The van der Waals surface area contributed by atoms with Crippen LogP contribution in [0.2, 0.25) is 0 Å². The van der Waals surface area contributed by atoms with Gasteiger partial charge in [-0.15, -0.1) is 11.8 Å². The van der Waals surface area contributed by atoms with Gasteiger partial charge in [0.25, 0.3) is 0 Å². The molecule has 0 bridgehead atoms. The monoisotopic (exact) mass is 653 g/mol. The third-order valence-electron chi connectivity index (χ3n) is 8.25. The quantitative estimate of drug-likeness (QED) is 0.0827. The molecule has 4 aromatic rings. The Balaban J connectivity index is 1.23. The number of nitrogens with one attached hydrogen (secondary N) is 1. The lowest BCUT2D eigenvalue weighted by Gasteiger charge is -2.36. The number of unbranched alkanes of at least 4 members (excludes halogenated alkanes) is 3. The van der Waals surface area contributed by atoms with Gasteiger partial charge in [0.1, 0.15) is 0 Å². The average Bonchev–Trinajstić information content (AvgIpc) is 3.11. The van der Waals surface area contributed by atoms with Crippen molar-refractivity contribution in [2.75, 3.05) is 5.75 Å². The van der Waals surface area contributed by atoms with Gasteiger partial charge >= 0.3 is 5.97 Å². The van der Waals surface area contributed by atoms with Crippen LogP contribution in [-0.4, -0.2) is 33.9 Å². The van der Waals surface area contributed by atoms with Crippen LogP contribution in [0.1, 0.15) is 79.6 Å². The number of ether oxygens (including phenoxy) is 2. The summed E-state index contributed by atoms with van der Waals surface area (Å²) in [4.78, 5) is 24.2. The summed E-state index contributed by atoms with van der Waals surface area (Å²) in [7, 11) is 0. The summed E-state index contributed by atoms with van der Waals surface area (Å²) in [6.07, 6.45) is 3.71. The molecule has 0 unspecified atom stereocenters. The zero-order chi connectivity index (χ0) is 32.8. The van der Waals surface area contributed by atoms with E-state index in [0.717, 1.165) is 64.8 Å². The molecule has 0 aliphatic carbocycles. The molecule has 1 amide bonds. The standard InChI is InChI=1S/C39H43NO6S/c41-26-28-18-20-30(21-19-28)36-24-34(27-47-35-14-4-3-5-15-35)45-39(46-36)33-13-9-12-32(23-33)31-11-8-10-29(22-31)25-40-37(42)16-6-1-2-7-17-38(43)44/h3-5,8-15,18-23,34,36,39,41H,1-2,6-7,16-17,24-27H2,(H,40,42)(H,43,44)/t34-,36+,39+/m1/s1. The number of amides is 1. The topological polar surface area (TPSA) is 105 Å². The second-order valence-corrected chi connectivity index (χ2v) is 13.0. The van der Waals surface area contributed by atoms with Crippen molar-refractivity contribution in [2.24, 2.45) is 0 Å². The van der Waals surface area contributed by atoms with Crippen molar-refractivity contribution >= 4 is 23.6 Å². The molecule has 4 aromatic carbocycles. The van der Waals surface area contributed by atoms with Crippen molar-refractivity contribution in [3.63, 3.8) is 0 Å². The zero-order valence-electron chi connectivity index (χ0n) is 26.6. The van der Waals surface area contributed by atoms with E-state index in [1.807, 2.05) is 66.7 Å². The molecule has 0 aromatic heterocycles. The second kappa shape index (κ2) is 17.8. The Labute approximate surface area is 281 Å². The van der Waals surface area contributed by atoms with Gasteiger partial charge in [0.2, 0.25) is 5.91 Å². The van der Waals surface area contributed by atoms with Gasteiger partial charge in [-0.1, -0.05) is 91.7 Å². The Kier molecular flexibility index (Phi) is 13.0. The van der Waals surface area contributed by atoms with Gasteiger partial charge in [0.05, 0.1) is 18.8 Å². The van der Waals surface area contributed by atoms with Crippen LogP contribution >= 0.6 is 11.8 Å². The van der Waals surface area contributed by atoms with Crippen LogP contribution < -0.4 is 5.32 Å². The van der Waals surface area contributed by atoms with Crippen LogP contribution in [-0.2, 0) is 32.2 Å². The predicted molar refractivity (Wildman–Crippen MR) is 185 cm³/mol. The summed E-state index contributed by atoms with van der Waals surface area (Å²) < 4.78 is 13.2. The number of aliphatic hydroxyl groups excluding tert-OH is 1. The molecule has 1 aliphatic heterocycles. The summed E-state index contributed by atoms with van der Waals surface area (Å²) in [6, 6.07) is 34.7. The Morgan fingerprint density at radius 1 is 0.745 bits per heavy atom. The largest absolute Gasteiger partial charge is 0.481 e. The van der Waals surface area contributed by atoms with E-state index in [1.54, 1.807) is 11.8 Å². The molecule has 3 N–H and O–H groups in total. The van der Waals surface area contributed by atoms with Crippen LogP contribution in [0.4, 0.5) is 0 Å². The minimum atomic E-state index is -0.773. The number of aliphatic hydroxyl groups is 1. The molecule has 47 heavy (non-hydrogen) atoms. The number of carboxylic acid groups (broad SMARTS) is 1. The van der Waals surface area contributed by atoms with Gasteiger partial charge in [-0.3, -0.25) is 9.59 Å². The summed E-state index contributed by atoms with van der Waals surface area (Å²) in [5, 5.41) is 21.3. The summed E-state index contributed by atoms with van der Waals surface area (Å²) in [5.41, 5.74) is 5.96. The SMILES string of the molecule is O=C(O)CCCCCCC(=O)NCc1cccc(-c2cccc([C@H]3O[C@@H](CSc4ccccc4)C[C@@H](c4ccc(CO)cc4)O3)c2)c1. The number of thioether (sulfide) groups is 1. The molecule has 1 saturated heterocycles. The molecule has 246 valence electrons. The van der Waals surface area contributed by atoms with E-state index in [0.29, 0.717) is 19.4 Å². The number of carbonyl (C=O) groups excluding carboxylic acids is 1. The maximum atomic E-state index is 12.4. The van der Waals surface area contributed by atoms with E-state index in [-0.39, 0.29) is 31.1 Å². The Morgan fingerprint density at radius 2 is 1.47 bits per heavy atom. The average molecular weight is 654 g/mol. The lowest BCUT2D eigenvalue weighted by atomic mass is 9.99. The molecule has 0 spiro atoms. The molecular formula is C39H43NO6S. The molecule has 5 rings (SSSR count). The first-order valence-electron chi connectivity index (χ1n) is 16.3. The maximum Gasteiger partial charge on any atom is 0.303 e. The van der Waals surface area contributed by atoms with Crippen LogP contribution in [0.15, 0.2) is 108 Å². The fourth-order valence-electron chi connectivity index (χ4n) is 5.66. The van der Waals surface area contributed by atoms with Gasteiger partial charge in [-0.25, -0.2) is 0 Å². The van der Waals surface area contributed by atoms with Crippen molar-refractivity contribution < 1.29 is 29.3 Å². The summed E-state index contributed by atoms with van der Waals surface area (Å²) in [5.74, 6) is 0.0282. The smallest absolute Gasteiger partial charge is 0.303 e. The molecule has 0 radical (unpaired) electrons. The number of carbonyl (C=O) groups is 2. The minimum absolute atomic E-state index is 0.00256. The molecule has 1 fully saturated rings. The highest BCUT2D eigenvalue weighted by molar-refractivity contribution is 7.99. The number of benzene rings is 4. The molecule has 0 saturated carbocycles. The van der Waals surface area contributed by atoms with Crippen molar-refractivity contribution in [1.82, 2.24) is 5.32 Å². The maximum absolute atomic E-state index is 12.4. The number of hydrogen-bond donors (Lipinski definition) is 3. The first-order valence-corrected chi connectivity index (χ1v) is 17.3.